The number of phenolic OH excluding ortho intramolecular Hbond substituents is 5. The van der Waals surface area contributed by atoms with Crippen molar-refractivity contribution in [1.82, 2.24) is 0 Å². The molecule has 0 spiro atoms. The van der Waals surface area contributed by atoms with Gasteiger partial charge in [0.15, 0.2) is 29.1 Å². The average Bonchev–Trinajstić information content (AvgIpc) is 2.79. The van der Waals surface area contributed by atoms with E-state index in [9.17, 15) is 45.3 Å². The number of aromatic hydroxyl groups is 5. The summed E-state index contributed by atoms with van der Waals surface area (Å²) in [5.41, 5.74) is -1.49. The van der Waals surface area contributed by atoms with Crippen LogP contribution in [0.15, 0.2) is 33.5 Å². The van der Waals surface area contributed by atoms with Crippen LogP contribution in [0.5, 0.6) is 34.5 Å². The number of rotatable bonds is 4. The molecule has 0 radical (unpaired) electrons. The second kappa shape index (κ2) is 9.11. The van der Waals surface area contributed by atoms with Gasteiger partial charge in [-0.1, -0.05) is 0 Å². The summed E-state index contributed by atoms with van der Waals surface area (Å²) in [6.07, 6.45) is -7.46. The lowest BCUT2D eigenvalue weighted by atomic mass is 9.99. The maximum absolute atomic E-state index is 13.4. The Labute approximate surface area is 201 Å². The minimum atomic E-state index is -1.83. The molecule has 1 fully saturated rings. The minimum absolute atomic E-state index is 0.184. The summed E-state index contributed by atoms with van der Waals surface area (Å²) < 4.78 is 21.8. The van der Waals surface area contributed by atoms with Gasteiger partial charge >= 0.3 is 5.97 Å². The van der Waals surface area contributed by atoms with E-state index < -0.39 is 87.7 Å². The van der Waals surface area contributed by atoms with Crippen LogP contribution in [0.4, 0.5) is 0 Å². The maximum atomic E-state index is 13.4. The van der Waals surface area contributed by atoms with Crippen LogP contribution in [0, 0.1) is 0 Å². The summed E-state index contributed by atoms with van der Waals surface area (Å²) >= 11 is 0. The van der Waals surface area contributed by atoms with Crippen molar-refractivity contribution in [3.8, 4) is 45.8 Å². The number of aliphatic hydroxyl groups is 2. The zero-order valence-electron chi connectivity index (χ0n) is 18.8. The molecule has 2 aromatic carbocycles. The fraction of sp³-hybridized carbons (Fsp3) is 0.304. The number of esters is 1. The Morgan fingerprint density at radius 1 is 0.944 bits per heavy atom. The molecular formula is C23H22O13. The van der Waals surface area contributed by atoms with Crippen molar-refractivity contribution in [2.24, 2.45) is 0 Å². The van der Waals surface area contributed by atoms with Crippen LogP contribution in [-0.4, -0.2) is 72.4 Å². The lowest BCUT2D eigenvalue weighted by Crippen LogP contribution is -2.59. The summed E-state index contributed by atoms with van der Waals surface area (Å²) in [6.45, 7) is 2.53. The molecule has 13 heteroatoms. The zero-order valence-corrected chi connectivity index (χ0v) is 18.8. The predicted molar refractivity (Wildman–Crippen MR) is 119 cm³/mol. The van der Waals surface area contributed by atoms with Gasteiger partial charge in [0.1, 0.15) is 34.7 Å². The fourth-order valence-electron chi connectivity index (χ4n) is 3.87. The number of aliphatic hydroxyl groups excluding tert-OH is 2. The molecule has 0 aliphatic carbocycles. The fourth-order valence-corrected chi connectivity index (χ4v) is 3.87. The van der Waals surface area contributed by atoms with Gasteiger partial charge in [0.2, 0.25) is 17.5 Å². The van der Waals surface area contributed by atoms with Gasteiger partial charge in [-0.25, -0.2) is 0 Å². The molecule has 3 aromatic rings. The highest BCUT2D eigenvalue weighted by atomic mass is 16.7. The normalized spacial score (nSPS) is 23.9. The Morgan fingerprint density at radius 3 is 2.19 bits per heavy atom. The lowest BCUT2D eigenvalue weighted by Gasteiger charge is -2.40. The van der Waals surface area contributed by atoms with Crippen LogP contribution in [0.2, 0.25) is 0 Å². The average molecular weight is 506 g/mol. The molecule has 1 aromatic heterocycles. The van der Waals surface area contributed by atoms with Crippen molar-refractivity contribution in [2.45, 2.75) is 44.6 Å². The Kier molecular flexibility index (Phi) is 6.30. The van der Waals surface area contributed by atoms with Crippen molar-refractivity contribution < 1.29 is 59.2 Å². The summed E-state index contributed by atoms with van der Waals surface area (Å²) in [6, 6.07) is 3.76. The second-order valence-electron chi connectivity index (χ2n) is 8.17. The molecule has 36 heavy (non-hydrogen) atoms. The number of carbonyl (C=O) groups excluding carboxylic acids is 1. The monoisotopic (exact) mass is 506 g/mol. The molecule has 1 aliphatic rings. The number of hydrogen-bond donors (Lipinski definition) is 7. The first-order chi connectivity index (χ1) is 16.9. The highest BCUT2D eigenvalue weighted by Gasteiger charge is 2.46. The molecule has 1 saturated heterocycles. The molecule has 0 saturated carbocycles. The van der Waals surface area contributed by atoms with E-state index in [0.29, 0.717) is 0 Å². The largest absolute Gasteiger partial charge is 0.508 e. The molecule has 0 unspecified atom stereocenters. The summed E-state index contributed by atoms with van der Waals surface area (Å²) in [5.74, 6) is -5.38. The van der Waals surface area contributed by atoms with Crippen LogP contribution in [0.25, 0.3) is 22.3 Å². The summed E-state index contributed by atoms with van der Waals surface area (Å²) in [7, 11) is 0. The number of hydrogen-bond acceptors (Lipinski definition) is 13. The first-order valence-corrected chi connectivity index (χ1v) is 10.5. The van der Waals surface area contributed by atoms with Gasteiger partial charge in [-0.05, 0) is 19.1 Å². The van der Waals surface area contributed by atoms with Gasteiger partial charge in [-0.15, -0.1) is 0 Å². The first-order valence-electron chi connectivity index (χ1n) is 10.5. The van der Waals surface area contributed by atoms with Crippen molar-refractivity contribution >= 4 is 16.9 Å². The van der Waals surface area contributed by atoms with E-state index in [4.69, 9.17) is 18.6 Å². The second-order valence-corrected chi connectivity index (χ2v) is 8.17. The Bertz CT molecular complexity index is 1370. The SMILES string of the molecule is CC(=O)O[C@@H]1[C@H](O)[C@@H](O)[C@@H](Oc2c(-c3cc(O)c(O)c(O)c3)oc3cc(O)cc(O)c3c2=O)O[C@@H]1C. The van der Waals surface area contributed by atoms with Crippen molar-refractivity contribution in [2.75, 3.05) is 0 Å². The summed E-state index contributed by atoms with van der Waals surface area (Å²) in [5, 5.41) is 70.2. The number of carbonyl (C=O) groups is 1. The van der Waals surface area contributed by atoms with Crippen molar-refractivity contribution in [1.29, 1.82) is 0 Å². The van der Waals surface area contributed by atoms with Gasteiger partial charge in [-0.2, -0.15) is 0 Å². The number of fused-ring (bicyclic) bond motifs is 1. The van der Waals surface area contributed by atoms with Gasteiger partial charge < -0.3 is 54.4 Å². The van der Waals surface area contributed by atoms with Crippen LogP contribution >= 0.6 is 0 Å². The molecule has 1 aliphatic heterocycles. The maximum Gasteiger partial charge on any atom is 0.303 e. The topological polar surface area (TPSA) is 217 Å². The number of phenols is 5. The van der Waals surface area contributed by atoms with Crippen molar-refractivity contribution in [3.05, 3.63) is 34.5 Å². The van der Waals surface area contributed by atoms with Gasteiger partial charge in [0.25, 0.3) is 0 Å². The van der Waals surface area contributed by atoms with E-state index in [0.717, 1.165) is 31.2 Å². The van der Waals surface area contributed by atoms with E-state index in [-0.39, 0.29) is 11.1 Å². The van der Waals surface area contributed by atoms with Crippen molar-refractivity contribution in [3.63, 3.8) is 0 Å². The Hall–Kier alpha value is -4.20. The lowest BCUT2D eigenvalue weighted by molar-refractivity contribution is -0.272. The van der Waals surface area contributed by atoms with Gasteiger partial charge in [0, 0.05) is 24.6 Å². The van der Waals surface area contributed by atoms with E-state index in [1.165, 1.54) is 6.92 Å². The van der Waals surface area contributed by atoms with E-state index in [1.54, 1.807) is 0 Å². The predicted octanol–water partition coefficient (Wildman–Crippen LogP) is 0.765. The third-order valence-electron chi connectivity index (χ3n) is 5.56. The quantitative estimate of drug-likeness (QED) is 0.192. The number of ether oxygens (including phenoxy) is 3. The van der Waals surface area contributed by atoms with Crippen LogP contribution in [-0.2, 0) is 14.3 Å². The molecule has 13 nitrogen and oxygen atoms in total. The summed E-state index contributed by atoms with van der Waals surface area (Å²) in [4.78, 5) is 24.7. The molecule has 2 heterocycles. The third-order valence-corrected chi connectivity index (χ3v) is 5.56. The van der Waals surface area contributed by atoms with Crippen LogP contribution in [0.1, 0.15) is 13.8 Å². The highest BCUT2D eigenvalue weighted by Crippen LogP contribution is 2.43. The van der Waals surface area contributed by atoms with Gasteiger partial charge in [0.05, 0.1) is 6.10 Å². The standard InChI is InChI=1S/C23H22O13/c1-7-20(34-8(2)24)18(31)19(32)23(33-7)36-22-17(30)15-11(26)5-10(25)6-14(15)35-21(22)9-3-12(27)16(29)13(28)4-9/h3-7,18-20,23,25-29,31-32H,1-2H3/t7-,18-,19-,20+,23-/m1/s1. The molecular weight excluding hydrogens is 484 g/mol. The highest BCUT2D eigenvalue weighted by molar-refractivity contribution is 5.88. The zero-order chi connectivity index (χ0) is 26.5. The number of benzene rings is 2. The molecule has 0 amide bonds. The smallest absolute Gasteiger partial charge is 0.303 e. The van der Waals surface area contributed by atoms with E-state index >= 15 is 0 Å². The Morgan fingerprint density at radius 2 is 1.58 bits per heavy atom. The Balaban J connectivity index is 1.87. The molecule has 5 atom stereocenters. The third kappa shape index (κ3) is 4.30. The minimum Gasteiger partial charge on any atom is -0.508 e. The molecule has 4 rings (SSSR count). The molecule has 0 bridgehead atoms. The van der Waals surface area contributed by atoms with E-state index in [2.05, 4.69) is 0 Å². The van der Waals surface area contributed by atoms with Gasteiger partial charge in [-0.3, -0.25) is 9.59 Å². The van der Waals surface area contributed by atoms with Crippen LogP contribution < -0.4 is 10.2 Å². The van der Waals surface area contributed by atoms with Crippen LogP contribution in [0.3, 0.4) is 0 Å². The van der Waals surface area contributed by atoms with E-state index in [1.807, 2.05) is 0 Å². The molecule has 7 N–H and O–H groups in total. The first kappa shape index (κ1) is 24.9. The molecule has 192 valence electrons.